The van der Waals surface area contributed by atoms with Crippen molar-refractivity contribution in [3.05, 3.63) is 90.3 Å². The summed E-state index contributed by atoms with van der Waals surface area (Å²) in [5.41, 5.74) is 1.51. The predicted molar refractivity (Wildman–Crippen MR) is 176 cm³/mol. The lowest BCUT2D eigenvalue weighted by Gasteiger charge is -2.30. The van der Waals surface area contributed by atoms with E-state index in [0.717, 1.165) is 5.57 Å². The fraction of sp³-hybridized carbons (Fsp3) is 0.429. The molecule has 0 aromatic carbocycles. The first-order valence-corrected chi connectivity index (χ1v) is 16.0. The zero-order valence-corrected chi connectivity index (χ0v) is 27.5. The lowest BCUT2D eigenvalue weighted by atomic mass is 9.93. The number of carbonyl (C=O) groups is 4. The first-order valence-electron chi connectivity index (χ1n) is 16.0. The summed E-state index contributed by atoms with van der Waals surface area (Å²) in [7, 11) is 0. The first kappa shape index (κ1) is 35.8. The van der Waals surface area contributed by atoms with Gasteiger partial charge in [-0.1, -0.05) is 61.9 Å². The van der Waals surface area contributed by atoms with Gasteiger partial charge in [0.15, 0.2) is 11.6 Å². The number of anilines is 1. The van der Waals surface area contributed by atoms with Gasteiger partial charge in [-0.25, -0.2) is 19.6 Å². The smallest absolute Gasteiger partial charge is 0.412 e. The second-order valence-electron chi connectivity index (χ2n) is 12.1. The highest BCUT2D eigenvalue weighted by Crippen LogP contribution is 2.26. The number of nitrogens with one attached hydrogen (secondary N) is 2. The van der Waals surface area contributed by atoms with Crippen molar-refractivity contribution in [3.8, 4) is 0 Å². The maximum Gasteiger partial charge on any atom is 0.412 e. The Hall–Kier alpha value is -5.04. The molecule has 4 rings (SSSR count). The summed E-state index contributed by atoms with van der Waals surface area (Å²) < 4.78 is 17.0. The summed E-state index contributed by atoms with van der Waals surface area (Å²) in [6.07, 6.45) is 10.1. The monoisotopic (exact) mass is 661 g/mol. The van der Waals surface area contributed by atoms with Gasteiger partial charge in [0.2, 0.25) is 5.91 Å². The second kappa shape index (κ2) is 17.2. The average Bonchev–Trinajstić information content (AvgIpc) is 3.73. The zero-order valence-electron chi connectivity index (χ0n) is 27.5. The Balaban J connectivity index is 1.54. The molecule has 3 N–H and O–H groups in total. The van der Waals surface area contributed by atoms with E-state index >= 15 is 0 Å². The minimum atomic E-state index is -0.867. The maximum absolute atomic E-state index is 13.6. The van der Waals surface area contributed by atoms with E-state index in [0.29, 0.717) is 30.8 Å². The summed E-state index contributed by atoms with van der Waals surface area (Å²) in [5.74, 6) is -1.82. The molecule has 0 unspecified atom stereocenters. The Kier molecular flexibility index (Phi) is 12.8. The Morgan fingerprint density at radius 2 is 2.08 bits per heavy atom. The Morgan fingerprint density at radius 1 is 1.27 bits per heavy atom. The van der Waals surface area contributed by atoms with Crippen LogP contribution in [0, 0.1) is 11.8 Å². The van der Waals surface area contributed by atoms with Crippen LogP contribution in [0.25, 0.3) is 0 Å². The molecule has 3 amide bonds. The van der Waals surface area contributed by atoms with Crippen LogP contribution in [0.1, 0.15) is 56.4 Å². The van der Waals surface area contributed by atoms with Crippen molar-refractivity contribution < 1.29 is 38.2 Å². The molecule has 48 heavy (non-hydrogen) atoms. The number of rotatable bonds is 4. The summed E-state index contributed by atoms with van der Waals surface area (Å²) in [6.45, 7) is 9.87. The van der Waals surface area contributed by atoms with Gasteiger partial charge < -0.3 is 29.2 Å². The molecule has 2 aromatic rings. The van der Waals surface area contributed by atoms with Crippen molar-refractivity contribution in [2.45, 2.75) is 64.7 Å². The number of esters is 1. The lowest BCUT2D eigenvalue weighted by molar-refractivity contribution is -0.159. The maximum atomic E-state index is 13.6. The second-order valence-corrected chi connectivity index (χ2v) is 12.1. The number of ether oxygens (including phenoxy) is 2. The van der Waals surface area contributed by atoms with Gasteiger partial charge in [0.1, 0.15) is 24.2 Å². The SMILES string of the molecule is C=C1Cc2nc(co2)C(=O)N2CCC[C@@H]2C(=O)O[C@H]([C@H](C)COC(=O)Nc2ccccn2)[C@H](C)/C=C/C(=O)NC/C=C/C(C)=C/[C@@H](O)C1. The van der Waals surface area contributed by atoms with Gasteiger partial charge in [-0.3, -0.25) is 14.9 Å². The average molecular weight is 662 g/mol. The van der Waals surface area contributed by atoms with Gasteiger partial charge in [0, 0.05) is 37.5 Å². The third-order valence-corrected chi connectivity index (χ3v) is 7.94. The van der Waals surface area contributed by atoms with Crippen LogP contribution in [0.2, 0.25) is 0 Å². The Bertz CT molecular complexity index is 1550. The highest BCUT2D eigenvalue weighted by molar-refractivity contribution is 5.95. The molecule has 13 nitrogen and oxygen atoms in total. The molecule has 0 saturated carbocycles. The number of aromatic nitrogens is 2. The minimum absolute atomic E-state index is 0.0527. The normalized spacial score (nSPS) is 26.2. The van der Waals surface area contributed by atoms with Crippen LogP contribution in [0.5, 0.6) is 0 Å². The molecule has 256 valence electrons. The number of fused-ring (bicyclic) bond motifs is 3. The van der Waals surface area contributed by atoms with Crippen LogP contribution in [-0.4, -0.2) is 81.8 Å². The summed E-state index contributed by atoms with van der Waals surface area (Å²) in [6, 6.07) is 4.19. The van der Waals surface area contributed by atoms with E-state index in [1.165, 1.54) is 23.4 Å². The topological polar surface area (TPSA) is 173 Å². The molecule has 2 aliphatic heterocycles. The number of amides is 3. The van der Waals surface area contributed by atoms with Crippen LogP contribution >= 0.6 is 0 Å². The molecule has 0 spiro atoms. The molecule has 0 radical (unpaired) electrons. The molecular weight excluding hydrogens is 618 g/mol. The fourth-order valence-electron chi connectivity index (χ4n) is 5.54. The number of hydrogen-bond acceptors (Lipinski definition) is 10. The van der Waals surface area contributed by atoms with Gasteiger partial charge in [0.05, 0.1) is 12.7 Å². The van der Waals surface area contributed by atoms with Gasteiger partial charge in [-0.15, -0.1) is 0 Å². The molecule has 1 fully saturated rings. The van der Waals surface area contributed by atoms with Crippen LogP contribution in [0.3, 0.4) is 0 Å². The number of nitrogens with zero attached hydrogens (tertiary/aromatic N) is 3. The number of oxazole rings is 1. The number of hydrogen-bond donors (Lipinski definition) is 3. The van der Waals surface area contributed by atoms with Gasteiger partial charge >= 0.3 is 12.1 Å². The third kappa shape index (κ3) is 10.5. The molecule has 2 aliphatic rings. The van der Waals surface area contributed by atoms with E-state index in [2.05, 4.69) is 27.2 Å². The standard InChI is InChI=1S/C35H43N5O8/c1-22-9-7-15-37-30(42)13-12-24(3)32(25(4)20-47-35(45)39-29-11-5-6-14-36-29)48-34(44)28-10-8-16-40(28)33(43)27-21-46-31(38-27)19-23(2)18-26(41)17-22/h5-7,9,11-14,17,21,24-26,28,32,41H,2,8,10,15-16,18-20H2,1,3-4H3,(H,37,42)(H,36,39,45)/b9-7+,13-12+,22-17+/t24-,25-,26-,28-,32+/m1/s1. The molecule has 2 bridgehead atoms. The molecule has 4 heterocycles. The molecule has 2 aromatic heterocycles. The number of carbonyl (C=O) groups excluding carboxylic acids is 4. The number of aliphatic hydroxyl groups excluding tert-OH is 1. The van der Waals surface area contributed by atoms with E-state index in [1.54, 1.807) is 56.4 Å². The third-order valence-electron chi connectivity index (χ3n) is 7.94. The lowest BCUT2D eigenvalue weighted by Crippen LogP contribution is -2.44. The molecule has 13 heteroatoms. The van der Waals surface area contributed by atoms with Crippen LogP contribution in [0.4, 0.5) is 10.6 Å². The Morgan fingerprint density at radius 3 is 2.85 bits per heavy atom. The molecule has 5 atom stereocenters. The fourth-order valence-corrected chi connectivity index (χ4v) is 5.54. The number of allylic oxidation sites excluding steroid dienone is 2. The first-order chi connectivity index (χ1) is 23.0. The zero-order chi connectivity index (χ0) is 34.6. The van der Waals surface area contributed by atoms with Crippen molar-refractivity contribution >= 4 is 29.7 Å². The van der Waals surface area contributed by atoms with Crippen molar-refractivity contribution in [2.75, 3.05) is 25.0 Å². The summed E-state index contributed by atoms with van der Waals surface area (Å²) in [5, 5.41) is 15.8. The summed E-state index contributed by atoms with van der Waals surface area (Å²) in [4.78, 5) is 62.0. The van der Waals surface area contributed by atoms with Crippen molar-refractivity contribution in [2.24, 2.45) is 11.8 Å². The minimum Gasteiger partial charge on any atom is -0.460 e. The highest BCUT2D eigenvalue weighted by atomic mass is 16.6. The van der Waals surface area contributed by atoms with E-state index in [9.17, 15) is 24.3 Å². The van der Waals surface area contributed by atoms with E-state index in [4.69, 9.17) is 13.9 Å². The van der Waals surface area contributed by atoms with E-state index in [-0.39, 0.29) is 43.5 Å². The predicted octanol–water partition coefficient (Wildman–Crippen LogP) is 4.15. The largest absolute Gasteiger partial charge is 0.460 e. The van der Waals surface area contributed by atoms with Crippen LogP contribution < -0.4 is 10.6 Å². The van der Waals surface area contributed by atoms with Crippen LogP contribution in [0.15, 0.2) is 83.2 Å². The Labute approximate surface area is 279 Å². The molecular formula is C35H43N5O8. The molecule has 0 aliphatic carbocycles. The summed E-state index contributed by atoms with van der Waals surface area (Å²) >= 11 is 0. The van der Waals surface area contributed by atoms with E-state index < -0.39 is 48.1 Å². The molecule has 1 saturated heterocycles. The quantitative estimate of drug-likeness (QED) is 0.319. The number of aliphatic hydroxyl groups is 1. The van der Waals surface area contributed by atoms with Gasteiger partial charge in [-0.2, -0.15) is 0 Å². The van der Waals surface area contributed by atoms with Gasteiger partial charge in [0.25, 0.3) is 5.91 Å². The van der Waals surface area contributed by atoms with Crippen molar-refractivity contribution in [1.29, 1.82) is 0 Å². The van der Waals surface area contributed by atoms with Crippen LogP contribution in [-0.2, 0) is 25.5 Å². The van der Waals surface area contributed by atoms with Gasteiger partial charge in [-0.05, 0) is 44.4 Å². The van der Waals surface area contributed by atoms with E-state index in [1.807, 2.05) is 6.92 Å². The number of pyridine rings is 1. The number of cyclic esters (lactones) is 1. The van der Waals surface area contributed by atoms with Crippen molar-refractivity contribution in [3.63, 3.8) is 0 Å². The van der Waals surface area contributed by atoms with Crippen molar-refractivity contribution in [1.82, 2.24) is 20.2 Å². The highest BCUT2D eigenvalue weighted by Gasteiger charge is 2.39.